The Kier molecular flexibility index (Phi) is 2.79. The average molecular weight is 254 g/mol. The van der Waals surface area contributed by atoms with Crippen LogP contribution in [0.3, 0.4) is 0 Å². The molecule has 0 bridgehead atoms. The first-order valence-electron chi connectivity index (χ1n) is 6.06. The smallest absolute Gasteiger partial charge is 0.179 e. The number of rotatable bonds is 3. The summed E-state index contributed by atoms with van der Waals surface area (Å²) in [6.07, 6.45) is 0.639. The lowest BCUT2D eigenvalue weighted by Crippen LogP contribution is -1.91. The van der Waals surface area contributed by atoms with Gasteiger partial charge in [0.05, 0.1) is 5.52 Å². The van der Waals surface area contributed by atoms with Crippen LogP contribution in [0, 0.1) is 0 Å². The van der Waals surface area contributed by atoms with E-state index in [0.717, 1.165) is 22.7 Å². The number of phenolic OH excluding ortho intramolecular Hbond substituents is 1. The molecule has 2 aromatic heterocycles. The quantitative estimate of drug-likeness (QED) is 0.670. The molecule has 0 aliphatic carbocycles. The summed E-state index contributed by atoms with van der Waals surface area (Å²) in [5.74, 6) is 1.90. The molecule has 2 heterocycles. The lowest BCUT2D eigenvalue weighted by atomic mass is 10.1. The third-order valence-corrected chi connectivity index (χ3v) is 2.93. The lowest BCUT2D eigenvalue weighted by Gasteiger charge is -1.98. The number of aromatic amines is 1. The molecule has 0 saturated heterocycles. The van der Waals surface area contributed by atoms with Crippen LogP contribution in [-0.2, 0) is 6.42 Å². The van der Waals surface area contributed by atoms with Crippen LogP contribution >= 0.6 is 0 Å². The molecule has 5 heteroatoms. The highest BCUT2D eigenvalue weighted by Gasteiger charge is 2.06. The second-order valence-corrected chi connectivity index (χ2v) is 4.35. The fraction of sp³-hybridized carbons (Fsp3) is 0.143. The fourth-order valence-corrected chi connectivity index (χ4v) is 2.03. The summed E-state index contributed by atoms with van der Waals surface area (Å²) in [5.41, 5.74) is 2.61. The van der Waals surface area contributed by atoms with Gasteiger partial charge in [0.1, 0.15) is 17.4 Å². The van der Waals surface area contributed by atoms with Gasteiger partial charge in [0.25, 0.3) is 0 Å². The Morgan fingerprint density at radius 2 is 2.11 bits per heavy atom. The summed E-state index contributed by atoms with van der Waals surface area (Å²) >= 11 is 0. The number of benzene rings is 1. The molecule has 96 valence electrons. The highest BCUT2D eigenvalue weighted by atomic mass is 16.3. The van der Waals surface area contributed by atoms with Crippen molar-refractivity contribution in [1.82, 2.24) is 15.0 Å². The number of anilines is 1. The van der Waals surface area contributed by atoms with Gasteiger partial charge in [-0.3, -0.25) is 0 Å². The highest BCUT2D eigenvalue weighted by Crippen LogP contribution is 2.17. The van der Waals surface area contributed by atoms with Crippen molar-refractivity contribution in [3.8, 4) is 5.75 Å². The van der Waals surface area contributed by atoms with Crippen molar-refractivity contribution in [3.63, 3.8) is 0 Å². The molecular formula is C14H14N4O. The van der Waals surface area contributed by atoms with Gasteiger partial charge in [-0.05, 0) is 29.8 Å². The minimum Gasteiger partial charge on any atom is -0.508 e. The third-order valence-electron chi connectivity index (χ3n) is 2.93. The summed E-state index contributed by atoms with van der Waals surface area (Å²) in [6, 6.07) is 11.0. The molecule has 19 heavy (non-hydrogen) atoms. The predicted molar refractivity (Wildman–Crippen MR) is 74.3 cm³/mol. The van der Waals surface area contributed by atoms with Crippen molar-refractivity contribution in [2.24, 2.45) is 0 Å². The summed E-state index contributed by atoms with van der Waals surface area (Å²) in [4.78, 5) is 12.1. The topological polar surface area (TPSA) is 73.8 Å². The number of hydrogen-bond donors (Lipinski definition) is 3. The van der Waals surface area contributed by atoms with E-state index in [9.17, 15) is 5.11 Å². The zero-order valence-electron chi connectivity index (χ0n) is 10.5. The number of nitrogens with zero attached hydrogens (tertiary/aromatic N) is 2. The van der Waals surface area contributed by atoms with Gasteiger partial charge in [0.2, 0.25) is 0 Å². The van der Waals surface area contributed by atoms with Crippen LogP contribution in [0.15, 0.2) is 36.4 Å². The molecule has 5 nitrogen and oxygen atoms in total. The Hall–Kier alpha value is -2.56. The van der Waals surface area contributed by atoms with Crippen LogP contribution < -0.4 is 5.32 Å². The Bertz CT molecular complexity index is 720. The first-order chi connectivity index (χ1) is 9.24. The number of imidazole rings is 1. The molecule has 3 N–H and O–H groups in total. The molecule has 0 amide bonds. The van der Waals surface area contributed by atoms with Gasteiger partial charge in [-0.2, -0.15) is 0 Å². The van der Waals surface area contributed by atoms with Crippen molar-refractivity contribution in [2.45, 2.75) is 6.42 Å². The second kappa shape index (κ2) is 4.61. The summed E-state index contributed by atoms with van der Waals surface area (Å²) in [7, 11) is 1.83. The lowest BCUT2D eigenvalue weighted by molar-refractivity contribution is 0.474. The number of aromatic hydroxyl groups is 1. The molecular weight excluding hydrogens is 240 g/mol. The minimum absolute atomic E-state index is 0.268. The van der Waals surface area contributed by atoms with Gasteiger partial charge in [-0.1, -0.05) is 12.1 Å². The molecule has 0 fully saturated rings. The summed E-state index contributed by atoms with van der Waals surface area (Å²) in [5, 5.41) is 12.4. The van der Waals surface area contributed by atoms with Gasteiger partial charge in [-0.15, -0.1) is 0 Å². The Morgan fingerprint density at radius 3 is 2.89 bits per heavy atom. The first-order valence-corrected chi connectivity index (χ1v) is 6.06. The molecule has 0 aliphatic rings. The fourth-order valence-electron chi connectivity index (χ4n) is 2.03. The van der Waals surface area contributed by atoms with E-state index in [1.54, 1.807) is 12.1 Å². The van der Waals surface area contributed by atoms with Crippen molar-refractivity contribution in [2.75, 3.05) is 12.4 Å². The number of fused-ring (bicyclic) bond motifs is 1. The summed E-state index contributed by atoms with van der Waals surface area (Å²) < 4.78 is 0. The molecule has 0 unspecified atom stereocenters. The Balaban J connectivity index is 1.93. The number of aromatic nitrogens is 3. The van der Waals surface area contributed by atoms with Gasteiger partial charge in [-0.25, -0.2) is 9.97 Å². The standard InChI is InChI=1S/C14H14N4O/c1-15-12-6-5-11-14(17-12)18-13(16-11)8-9-3-2-4-10(19)7-9/h2-7,19H,8H2,1H3,(H2,15,16,17,18). The van der Waals surface area contributed by atoms with E-state index in [1.807, 2.05) is 31.3 Å². The van der Waals surface area contributed by atoms with Crippen molar-refractivity contribution < 1.29 is 5.11 Å². The van der Waals surface area contributed by atoms with Crippen LogP contribution in [0.2, 0.25) is 0 Å². The third kappa shape index (κ3) is 2.35. The van der Waals surface area contributed by atoms with Crippen molar-refractivity contribution >= 4 is 17.0 Å². The van der Waals surface area contributed by atoms with E-state index in [4.69, 9.17) is 0 Å². The molecule has 3 rings (SSSR count). The van der Waals surface area contributed by atoms with E-state index >= 15 is 0 Å². The van der Waals surface area contributed by atoms with Gasteiger partial charge in [0.15, 0.2) is 5.65 Å². The van der Waals surface area contributed by atoms with Gasteiger partial charge in [0, 0.05) is 13.5 Å². The summed E-state index contributed by atoms with van der Waals surface area (Å²) in [6.45, 7) is 0. The maximum Gasteiger partial charge on any atom is 0.179 e. The first kappa shape index (κ1) is 11.5. The Labute approximate surface area is 110 Å². The second-order valence-electron chi connectivity index (χ2n) is 4.35. The maximum atomic E-state index is 9.45. The van der Waals surface area contributed by atoms with Crippen LogP contribution in [0.1, 0.15) is 11.4 Å². The zero-order chi connectivity index (χ0) is 13.2. The molecule has 0 atom stereocenters. The molecule has 1 aromatic carbocycles. The van der Waals surface area contributed by atoms with E-state index in [-0.39, 0.29) is 5.75 Å². The van der Waals surface area contributed by atoms with Crippen LogP contribution in [0.25, 0.3) is 11.2 Å². The minimum atomic E-state index is 0.268. The highest BCUT2D eigenvalue weighted by molar-refractivity contribution is 5.72. The largest absolute Gasteiger partial charge is 0.508 e. The van der Waals surface area contributed by atoms with Crippen molar-refractivity contribution in [1.29, 1.82) is 0 Å². The monoisotopic (exact) mass is 254 g/mol. The number of hydrogen-bond acceptors (Lipinski definition) is 4. The van der Waals surface area contributed by atoms with E-state index in [0.29, 0.717) is 12.1 Å². The van der Waals surface area contributed by atoms with E-state index < -0.39 is 0 Å². The molecule has 0 radical (unpaired) electrons. The number of nitrogens with one attached hydrogen (secondary N) is 2. The maximum absolute atomic E-state index is 9.45. The Morgan fingerprint density at radius 1 is 1.21 bits per heavy atom. The predicted octanol–water partition coefficient (Wildman–Crippen LogP) is 2.30. The molecule has 3 aromatic rings. The number of phenols is 1. The molecule has 0 spiro atoms. The average Bonchev–Trinajstić information content (AvgIpc) is 2.79. The zero-order valence-corrected chi connectivity index (χ0v) is 10.5. The molecule has 0 saturated carbocycles. The van der Waals surface area contributed by atoms with Gasteiger partial charge >= 0.3 is 0 Å². The van der Waals surface area contributed by atoms with Gasteiger partial charge < -0.3 is 15.4 Å². The van der Waals surface area contributed by atoms with Crippen molar-refractivity contribution in [3.05, 3.63) is 47.8 Å². The van der Waals surface area contributed by atoms with Crippen LogP contribution in [0.5, 0.6) is 5.75 Å². The van der Waals surface area contributed by atoms with Crippen LogP contribution in [0.4, 0.5) is 5.82 Å². The number of H-pyrrole nitrogens is 1. The number of pyridine rings is 1. The SMILES string of the molecule is CNc1ccc2[nH]c(Cc3cccc(O)c3)nc2n1. The van der Waals surface area contributed by atoms with E-state index in [2.05, 4.69) is 20.3 Å². The normalized spacial score (nSPS) is 10.8. The van der Waals surface area contributed by atoms with Crippen LogP contribution in [-0.4, -0.2) is 27.1 Å². The molecule has 0 aliphatic heterocycles. The van der Waals surface area contributed by atoms with E-state index in [1.165, 1.54) is 0 Å².